The van der Waals surface area contributed by atoms with Crippen LogP contribution in [-0.4, -0.2) is 34.0 Å². The Balaban J connectivity index is 1.42. The fraction of sp³-hybridized carbons (Fsp3) is 0.550. The van der Waals surface area contributed by atoms with E-state index in [0.717, 1.165) is 36.6 Å². The molecule has 26 heavy (non-hydrogen) atoms. The van der Waals surface area contributed by atoms with Gasteiger partial charge in [0.2, 0.25) is 11.8 Å². The van der Waals surface area contributed by atoms with Gasteiger partial charge in [-0.15, -0.1) is 0 Å². The average molecular weight is 357 g/mol. The average Bonchev–Trinajstić information content (AvgIpc) is 3.34. The molecule has 0 spiro atoms. The number of piperidine rings is 1. The molecule has 5 nitrogen and oxygen atoms in total. The van der Waals surface area contributed by atoms with Crippen LogP contribution in [0, 0.1) is 18.7 Å². The van der Waals surface area contributed by atoms with Crippen LogP contribution in [0.25, 0.3) is 0 Å². The maximum absolute atomic E-state index is 13.0. The highest BCUT2D eigenvalue weighted by molar-refractivity contribution is 5.78. The van der Waals surface area contributed by atoms with Crippen molar-refractivity contribution in [2.75, 3.05) is 13.1 Å². The molecule has 2 aromatic rings. The van der Waals surface area contributed by atoms with Crippen molar-refractivity contribution in [1.29, 1.82) is 0 Å². The molecular formula is C20H24FN3O2. The van der Waals surface area contributed by atoms with E-state index in [1.54, 1.807) is 12.1 Å². The third-order valence-electron chi connectivity index (χ3n) is 5.72. The third kappa shape index (κ3) is 3.64. The normalized spacial score (nSPS) is 19.5. The molecule has 2 heterocycles. The van der Waals surface area contributed by atoms with Gasteiger partial charge in [0.1, 0.15) is 5.82 Å². The summed E-state index contributed by atoms with van der Waals surface area (Å²) >= 11 is 0. The van der Waals surface area contributed by atoms with E-state index in [0.29, 0.717) is 25.4 Å². The lowest BCUT2D eigenvalue weighted by atomic mass is 9.73. The fourth-order valence-corrected chi connectivity index (χ4v) is 3.98. The molecule has 2 fully saturated rings. The summed E-state index contributed by atoms with van der Waals surface area (Å²) < 4.78 is 18.3. The first-order chi connectivity index (χ1) is 12.5. The number of rotatable bonds is 5. The van der Waals surface area contributed by atoms with E-state index in [1.165, 1.54) is 25.0 Å². The molecule has 2 aliphatic rings. The van der Waals surface area contributed by atoms with Crippen molar-refractivity contribution in [1.82, 2.24) is 15.0 Å². The molecule has 0 N–H and O–H groups in total. The molecule has 0 unspecified atom stereocenters. The lowest BCUT2D eigenvalue weighted by molar-refractivity contribution is -0.132. The third-order valence-corrected chi connectivity index (χ3v) is 5.72. The number of amides is 1. The fourth-order valence-electron chi connectivity index (χ4n) is 3.98. The molecular weight excluding hydrogens is 333 g/mol. The summed E-state index contributed by atoms with van der Waals surface area (Å²) in [5.74, 6) is 1.99. The summed E-state index contributed by atoms with van der Waals surface area (Å²) in [6, 6.07) is 6.16. The van der Waals surface area contributed by atoms with Crippen molar-refractivity contribution in [2.45, 2.75) is 50.9 Å². The van der Waals surface area contributed by atoms with Gasteiger partial charge in [-0.25, -0.2) is 4.39 Å². The van der Waals surface area contributed by atoms with Crippen molar-refractivity contribution in [2.24, 2.45) is 5.92 Å². The molecule has 1 saturated heterocycles. The standard InChI is InChI=1S/C20H24FN3O2/c1-14-22-19(23-26-14)20(13-16-2-3-16)8-10-24(11-9-20)18(25)12-15-4-6-17(21)7-5-15/h4-7,16H,2-3,8-13H2,1H3. The molecule has 138 valence electrons. The minimum Gasteiger partial charge on any atom is -0.342 e. The second-order valence-electron chi connectivity index (χ2n) is 7.75. The van der Waals surface area contributed by atoms with Gasteiger partial charge in [0, 0.05) is 25.4 Å². The molecule has 0 atom stereocenters. The predicted molar refractivity (Wildman–Crippen MR) is 94.0 cm³/mol. The van der Waals surface area contributed by atoms with Crippen molar-refractivity contribution in [3.05, 3.63) is 47.4 Å². The quantitative estimate of drug-likeness (QED) is 0.823. The summed E-state index contributed by atoms with van der Waals surface area (Å²) in [5, 5.41) is 4.21. The Hall–Kier alpha value is -2.24. The summed E-state index contributed by atoms with van der Waals surface area (Å²) in [7, 11) is 0. The Labute approximate surface area is 152 Å². The number of hydrogen-bond donors (Lipinski definition) is 0. The largest absolute Gasteiger partial charge is 0.342 e. The second-order valence-corrected chi connectivity index (χ2v) is 7.75. The van der Waals surface area contributed by atoms with Crippen LogP contribution in [0.1, 0.15) is 49.4 Å². The number of carbonyl (C=O) groups excluding carboxylic acids is 1. The van der Waals surface area contributed by atoms with Crippen molar-refractivity contribution in [3.63, 3.8) is 0 Å². The molecule has 0 radical (unpaired) electrons. The maximum atomic E-state index is 13.0. The SMILES string of the molecule is Cc1nc(C2(CC3CC3)CCN(C(=O)Cc3ccc(F)cc3)CC2)no1. The smallest absolute Gasteiger partial charge is 0.226 e. The van der Waals surface area contributed by atoms with Crippen LogP contribution in [0.3, 0.4) is 0 Å². The van der Waals surface area contributed by atoms with Gasteiger partial charge >= 0.3 is 0 Å². The topological polar surface area (TPSA) is 59.2 Å². The van der Waals surface area contributed by atoms with Gasteiger partial charge in [-0.3, -0.25) is 4.79 Å². The van der Waals surface area contributed by atoms with E-state index >= 15 is 0 Å². The maximum Gasteiger partial charge on any atom is 0.226 e. The van der Waals surface area contributed by atoms with E-state index in [1.807, 2.05) is 11.8 Å². The number of nitrogens with zero attached hydrogens (tertiary/aromatic N) is 3. The minimum absolute atomic E-state index is 0.0639. The van der Waals surface area contributed by atoms with E-state index in [2.05, 4.69) is 10.1 Å². The van der Waals surface area contributed by atoms with Crippen LogP contribution < -0.4 is 0 Å². The van der Waals surface area contributed by atoms with Gasteiger partial charge in [-0.2, -0.15) is 4.98 Å². The zero-order valence-corrected chi connectivity index (χ0v) is 15.1. The predicted octanol–water partition coefficient (Wildman–Crippen LogP) is 3.42. The molecule has 1 aromatic heterocycles. The Bertz CT molecular complexity index is 775. The van der Waals surface area contributed by atoms with Crippen molar-refractivity contribution >= 4 is 5.91 Å². The Morgan fingerprint density at radius 3 is 2.54 bits per heavy atom. The van der Waals surface area contributed by atoms with Crippen LogP contribution in [0.5, 0.6) is 0 Å². The van der Waals surface area contributed by atoms with E-state index in [4.69, 9.17) is 4.52 Å². The zero-order chi connectivity index (χ0) is 18.1. The number of benzene rings is 1. The molecule has 1 aromatic carbocycles. The first-order valence-electron chi connectivity index (χ1n) is 9.37. The highest BCUT2D eigenvalue weighted by atomic mass is 19.1. The van der Waals surface area contributed by atoms with Gasteiger partial charge in [-0.05, 0) is 42.9 Å². The van der Waals surface area contributed by atoms with Crippen molar-refractivity contribution < 1.29 is 13.7 Å². The lowest BCUT2D eigenvalue weighted by Crippen LogP contribution is -2.46. The summed E-state index contributed by atoms with van der Waals surface area (Å²) in [6.07, 6.45) is 5.72. The van der Waals surface area contributed by atoms with E-state index in [-0.39, 0.29) is 17.1 Å². The van der Waals surface area contributed by atoms with Gasteiger partial charge in [0.25, 0.3) is 0 Å². The van der Waals surface area contributed by atoms with Gasteiger partial charge in [0.15, 0.2) is 5.82 Å². The summed E-state index contributed by atoms with van der Waals surface area (Å²) in [4.78, 5) is 19.1. The second kappa shape index (κ2) is 6.82. The van der Waals surface area contributed by atoms with Crippen LogP contribution in [0.4, 0.5) is 4.39 Å². The number of hydrogen-bond acceptors (Lipinski definition) is 4. The van der Waals surface area contributed by atoms with Crippen LogP contribution in [-0.2, 0) is 16.6 Å². The zero-order valence-electron chi connectivity index (χ0n) is 15.1. The summed E-state index contributed by atoms with van der Waals surface area (Å²) in [6.45, 7) is 3.24. The molecule has 1 aliphatic heterocycles. The van der Waals surface area contributed by atoms with Crippen LogP contribution in [0.15, 0.2) is 28.8 Å². The highest BCUT2D eigenvalue weighted by Gasteiger charge is 2.44. The first-order valence-corrected chi connectivity index (χ1v) is 9.37. The van der Waals surface area contributed by atoms with E-state index in [9.17, 15) is 9.18 Å². The van der Waals surface area contributed by atoms with Crippen molar-refractivity contribution in [3.8, 4) is 0 Å². The Morgan fingerprint density at radius 1 is 1.27 bits per heavy atom. The molecule has 1 saturated carbocycles. The first kappa shape index (κ1) is 17.2. The molecule has 1 aliphatic carbocycles. The van der Waals surface area contributed by atoms with Gasteiger partial charge in [0.05, 0.1) is 6.42 Å². The monoisotopic (exact) mass is 357 g/mol. The Morgan fingerprint density at radius 2 is 1.96 bits per heavy atom. The number of halogens is 1. The van der Waals surface area contributed by atoms with Gasteiger partial charge < -0.3 is 9.42 Å². The molecule has 6 heteroatoms. The van der Waals surface area contributed by atoms with Crippen LogP contribution in [0.2, 0.25) is 0 Å². The number of aromatic nitrogens is 2. The number of likely N-dealkylation sites (tertiary alicyclic amines) is 1. The molecule has 0 bridgehead atoms. The van der Waals surface area contributed by atoms with E-state index < -0.39 is 0 Å². The van der Waals surface area contributed by atoms with Crippen LogP contribution >= 0.6 is 0 Å². The summed E-state index contributed by atoms with van der Waals surface area (Å²) in [5.41, 5.74) is 0.783. The minimum atomic E-state index is -0.278. The van der Waals surface area contributed by atoms with Gasteiger partial charge in [-0.1, -0.05) is 30.1 Å². The Kier molecular flexibility index (Phi) is 4.51. The molecule has 4 rings (SSSR count). The number of aryl methyl sites for hydroxylation is 1. The number of carbonyl (C=O) groups is 1. The lowest BCUT2D eigenvalue weighted by Gasteiger charge is -2.40. The molecule has 1 amide bonds. The highest BCUT2D eigenvalue weighted by Crippen LogP contribution is 2.46.